The maximum absolute atomic E-state index is 10.8. The van der Waals surface area contributed by atoms with E-state index in [1.807, 2.05) is 0 Å². The first-order chi connectivity index (χ1) is 7.52. The van der Waals surface area contributed by atoms with Crippen LogP contribution in [0.4, 0.5) is 5.82 Å². The Kier molecular flexibility index (Phi) is 4.23. The first-order valence-corrected chi connectivity index (χ1v) is 4.43. The standard InChI is InChI=1S/C8H11BN2O5/c1-5(13)11-8-2-7(16-9(14)15)6(4-12)3-10-8/h2-3,12,14-15H,4H2,1H3,(H,10,11,13). The smallest absolute Gasteiger partial charge is 0.512 e. The Bertz CT molecular complexity index is 385. The third kappa shape index (κ3) is 3.50. The molecule has 0 aromatic carbocycles. The summed E-state index contributed by atoms with van der Waals surface area (Å²) in [4.78, 5) is 14.6. The third-order valence-corrected chi connectivity index (χ3v) is 1.65. The van der Waals surface area contributed by atoms with Gasteiger partial charge in [0.05, 0.1) is 6.61 Å². The number of carbonyl (C=O) groups is 1. The molecule has 1 amide bonds. The lowest BCUT2D eigenvalue weighted by Gasteiger charge is -2.10. The van der Waals surface area contributed by atoms with Crippen LogP contribution in [0.2, 0.25) is 0 Å². The van der Waals surface area contributed by atoms with Crippen LogP contribution in [0.1, 0.15) is 12.5 Å². The number of carbonyl (C=O) groups excluding carboxylic acids is 1. The van der Waals surface area contributed by atoms with E-state index in [4.69, 9.17) is 15.2 Å². The maximum Gasteiger partial charge on any atom is 0.707 e. The second-order valence-electron chi connectivity index (χ2n) is 2.96. The van der Waals surface area contributed by atoms with Crippen LogP contribution in [0.15, 0.2) is 12.3 Å². The molecule has 0 unspecified atom stereocenters. The quantitative estimate of drug-likeness (QED) is 0.484. The summed E-state index contributed by atoms with van der Waals surface area (Å²) in [6.45, 7) is 0.943. The number of aliphatic hydroxyl groups is 1. The average Bonchev–Trinajstić information content (AvgIpc) is 2.16. The number of aliphatic hydroxyl groups excluding tert-OH is 1. The van der Waals surface area contributed by atoms with Gasteiger partial charge in [0.15, 0.2) is 0 Å². The van der Waals surface area contributed by atoms with Crippen molar-refractivity contribution in [2.24, 2.45) is 0 Å². The Balaban J connectivity index is 2.96. The largest absolute Gasteiger partial charge is 0.707 e. The van der Waals surface area contributed by atoms with Gasteiger partial charge in [0.25, 0.3) is 0 Å². The first-order valence-electron chi connectivity index (χ1n) is 4.43. The summed E-state index contributed by atoms with van der Waals surface area (Å²) in [5.74, 6) is -0.0867. The molecule has 1 heterocycles. The summed E-state index contributed by atoms with van der Waals surface area (Å²) >= 11 is 0. The Morgan fingerprint density at radius 1 is 1.62 bits per heavy atom. The fourth-order valence-electron chi connectivity index (χ4n) is 1.06. The van der Waals surface area contributed by atoms with Crippen LogP contribution in [0.3, 0.4) is 0 Å². The van der Waals surface area contributed by atoms with Gasteiger partial charge in [-0.15, -0.1) is 0 Å². The van der Waals surface area contributed by atoms with Gasteiger partial charge in [-0.25, -0.2) is 4.98 Å². The summed E-state index contributed by atoms with van der Waals surface area (Å²) < 4.78 is 4.62. The minimum atomic E-state index is -2.00. The predicted molar refractivity (Wildman–Crippen MR) is 55.3 cm³/mol. The van der Waals surface area contributed by atoms with Gasteiger partial charge in [-0.1, -0.05) is 0 Å². The number of nitrogens with zero attached hydrogens (tertiary/aromatic N) is 1. The summed E-state index contributed by atoms with van der Waals surface area (Å²) in [5, 5.41) is 28.6. The highest BCUT2D eigenvalue weighted by molar-refractivity contribution is 6.33. The number of pyridine rings is 1. The zero-order valence-electron chi connectivity index (χ0n) is 8.54. The number of hydrogen-bond donors (Lipinski definition) is 4. The Morgan fingerprint density at radius 3 is 2.81 bits per heavy atom. The van der Waals surface area contributed by atoms with Crippen molar-refractivity contribution < 1.29 is 24.6 Å². The van der Waals surface area contributed by atoms with Gasteiger partial charge < -0.3 is 25.1 Å². The Hall–Kier alpha value is -1.64. The molecule has 16 heavy (non-hydrogen) atoms. The summed E-state index contributed by atoms with van der Waals surface area (Å²) in [5.41, 5.74) is 0.280. The lowest BCUT2D eigenvalue weighted by atomic mass is 10.2. The molecule has 1 aromatic heterocycles. The molecule has 0 aliphatic heterocycles. The molecule has 1 aromatic rings. The van der Waals surface area contributed by atoms with Gasteiger partial charge in [0.1, 0.15) is 11.6 Å². The fraction of sp³-hybridized carbons (Fsp3) is 0.250. The second-order valence-corrected chi connectivity index (χ2v) is 2.96. The first kappa shape index (κ1) is 12.4. The zero-order valence-corrected chi connectivity index (χ0v) is 8.54. The Labute approximate surface area is 91.9 Å². The van der Waals surface area contributed by atoms with E-state index in [1.54, 1.807) is 0 Å². The van der Waals surface area contributed by atoms with E-state index >= 15 is 0 Å². The summed E-state index contributed by atoms with van der Waals surface area (Å²) in [6.07, 6.45) is 1.27. The topological polar surface area (TPSA) is 112 Å². The van der Waals surface area contributed by atoms with Crippen LogP contribution in [0, 0.1) is 0 Å². The van der Waals surface area contributed by atoms with Crippen molar-refractivity contribution in [2.75, 3.05) is 5.32 Å². The van der Waals surface area contributed by atoms with Crippen molar-refractivity contribution in [3.05, 3.63) is 17.8 Å². The van der Waals surface area contributed by atoms with Crippen LogP contribution in [-0.4, -0.2) is 33.4 Å². The van der Waals surface area contributed by atoms with Gasteiger partial charge >= 0.3 is 7.32 Å². The van der Waals surface area contributed by atoms with Gasteiger partial charge in [0.2, 0.25) is 5.91 Å². The van der Waals surface area contributed by atoms with E-state index < -0.39 is 7.32 Å². The molecule has 4 N–H and O–H groups in total. The minimum Gasteiger partial charge on any atom is -0.512 e. The second kappa shape index (κ2) is 5.45. The number of anilines is 1. The van der Waals surface area contributed by atoms with Crippen molar-refractivity contribution in [1.29, 1.82) is 0 Å². The average molecular weight is 226 g/mol. The number of aromatic nitrogens is 1. The van der Waals surface area contributed by atoms with Gasteiger partial charge in [-0.3, -0.25) is 4.79 Å². The van der Waals surface area contributed by atoms with Crippen molar-refractivity contribution in [3.8, 4) is 5.75 Å². The van der Waals surface area contributed by atoms with Crippen molar-refractivity contribution >= 4 is 19.0 Å². The Morgan fingerprint density at radius 2 is 2.31 bits per heavy atom. The van der Waals surface area contributed by atoms with Crippen LogP contribution in [-0.2, 0) is 11.4 Å². The van der Waals surface area contributed by atoms with E-state index in [9.17, 15) is 4.79 Å². The van der Waals surface area contributed by atoms with Crippen LogP contribution >= 0.6 is 0 Å². The van der Waals surface area contributed by atoms with E-state index in [0.717, 1.165) is 0 Å². The molecule has 0 aliphatic rings. The van der Waals surface area contributed by atoms with E-state index in [1.165, 1.54) is 19.2 Å². The molecule has 0 atom stereocenters. The van der Waals surface area contributed by atoms with Gasteiger partial charge in [0, 0.05) is 24.8 Å². The molecule has 1 rings (SSSR count). The molecule has 86 valence electrons. The normalized spacial score (nSPS) is 9.75. The molecular formula is C8H11BN2O5. The molecule has 7 nitrogen and oxygen atoms in total. The van der Waals surface area contributed by atoms with Gasteiger partial charge in [-0.05, 0) is 0 Å². The monoisotopic (exact) mass is 226 g/mol. The fourth-order valence-corrected chi connectivity index (χ4v) is 1.06. The number of amides is 1. The third-order valence-electron chi connectivity index (χ3n) is 1.65. The van der Waals surface area contributed by atoms with Crippen molar-refractivity contribution in [1.82, 2.24) is 4.98 Å². The molecular weight excluding hydrogens is 215 g/mol. The molecule has 0 saturated carbocycles. The van der Waals surface area contributed by atoms with E-state index in [2.05, 4.69) is 15.0 Å². The molecule has 0 spiro atoms. The highest BCUT2D eigenvalue weighted by Gasteiger charge is 2.15. The van der Waals surface area contributed by atoms with Crippen molar-refractivity contribution in [2.45, 2.75) is 13.5 Å². The summed E-state index contributed by atoms with van der Waals surface area (Å²) in [7, 11) is -2.00. The lowest BCUT2D eigenvalue weighted by molar-refractivity contribution is -0.114. The van der Waals surface area contributed by atoms with Crippen LogP contribution in [0.25, 0.3) is 0 Å². The maximum atomic E-state index is 10.8. The molecule has 0 bridgehead atoms. The van der Waals surface area contributed by atoms with Gasteiger partial charge in [-0.2, -0.15) is 0 Å². The number of nitrogens with one attached hydrogen (secondary N) is 1. The molecule has 0 saturated heterocycles. The van der Waals surface area contributed by atoms with E-state index in [0.29, 0.717) is 0 Å². The van der Waals surface area contributed by atoms with E-state index in [-0.39, 0.29) is 29.6 Å². The molecule has 0 radical (unpaired) electrons. The van der Waals surface area contributed by atoms with Crippen LogP contribution in [0.5, 0.6) is 5.75 Å². The highest BCUT2D eigenvalue weighted by atomic mass is 16.6. The highest BCUT2D eigenvalue weighted by Crippen LogP contribution is 2.21. The lowest BCUT2D eigenvalue weighted by Crippen LogP contribution is -2.21. The van der Waals surface area contributed by atoms with Crippen LogP contribution < -0.4 is 9.97 Å². The predicted octanol–water partition coefficient (Wildman–Crippen LogP) is -1.12. The number of rotatable bonds is 4. The minimum absolute atomic E-state index is 0.0382. The number of hydrogen-bond acceptors (Lipinski definition) is 6. The zero-order chi connectivity index (χ0) is 12.1. The summed E-state index contributed by atoms with van der Waals surface area (Å²) in [6, 6.07) is 1.28. The molecule has 0 aliphatic carbocycles. The van der Waals surface area contributed by atoms with Crippen molar-refractivity contribution in [3.63, 3.8) is 0 Å². The SMILES string of the molecule is CC(=O)Nc1cc(OB(O)O)c(CO)cn1. The molecule has 8 heteroatoms. The molecule has 0 fully saturated rings.